The van der Waals surface area contributed by atoms with Crippen LogP contribution >= 0.6 is 0 Å². The highest BCUT2D eigenvalue weighted by Crippen LogP contribution is 2.23. The lowest BCUT2D eigenvalue weighted by Gasteiger charge is -2.08. The number of benzene rings is 1. The van der Waals surface area contributed by atoms with Crippen molar-refractivity contribution in [1.82, 2.24) is 9.88 Å². The first-order valence-corrected chi connectivity index (χ1v) is 4.84. The largest absolute Gasteiger partial charge is 0.497 e. The van der Waals surface area contributed by atoms with Gasteiger partial charge in [0.1, 0.15) is 5.75 Å². The average molecular weight is 225 g/mol. The van der Waals surface area contributed by atoms with E-state index in [0.717, 1.165) is 4.90 Å². The number of fused-ring (bicyclic) bond motifs is 1. The summed E-state index contributed by atoms with van der Waals surface area (Å²) in [6, 6.07) is 4.43. The molecule has 2 rings (SSSR count). The predicted molar refractivity (Wildman–Crippen MR) is 67.1 cm³/mol. The van der Waals surface area contributed by atoms with E-state index in [0.29, 0.717) is 10.9 Å². The van der Waals surface area contributed by atoms with E-state index in [1.807, 2.05) is 0 Å². The van der Waals surface area contributed by atoms with Gasteiger partial charge >= 0.3 is 0 Å². The SMILES string of the molecule is [2H]C([2H])([2H])Oc1ccc2[nH]cc(C([2H])([2H])C([2H])([2H])N(C)C)c2c1. The zero-order valence-electron chi connectivity index (χ0n) is 16.2. The van der Waals surface area contributed by atoms with Crippen molar-refractivity contribution in [2.75, 3.05) is 27.6 Å². The van der Waals surface area contributed by atoms with Crippen LogP contribution in [0.1, 0.15) is 15.2 Å². The lowest BCUT2D eigenvalue weighted by molar-refractivity contribution is 0.413. The normalized spacial score (nSPS) is 20.3. The molecule has 3 heteroatoms. The minimum absolute atomic E-state index is 0.0690. The minimum Gasteiger partial charge on any atom is -0.497 e. The Bertz CT molecular complexity index is 706. The zero-order valence-corrected chi connectivity index (χ0v) is 9.16. The third kappa shape index (κ3) is 2.19. The van der Waals surface area contributed by atoms with Crippen molar-refractivity contribution >= 4 is 10.9 Å². The maximum absolute atomic E-state index is 8.23. The molecular weight excluding hydrogens is 200 g/mol. The summed E-state index contributed by atoms with van der Waals surface area (Å²) in [7, 11) is 0.299. The topological polar surface area (TPSA) is 28.3 Å². The summed E-state index contributed by atoms with van der Waals surface area (Å²) in [5.74, 6) is 0.0690. The molecule has 0 spiro atoms. The van der Waals surface area contributed by atoms with Gasteiger partial charge in [0.15, 0.2) is 0 Å². The van der Waals surface area contributed by atoms with E-state index < -0.39 is 19.9 Å². The molecule has 0 saturated carbocycles. The van der Waals surface area contributed by atoms with Gasteiger partial charge in [0, 0.05) is 29.1 Å². The van der Waals surface area contributed by atoms with E-state index in [4.69, 9.17) is 14.3 Å². The second kappa shape index (κ2) is 4.58. The number of ether oxygens (including phenoxy) is 1. The fourth-order valence-electron chi connectivity index (χ4n) is 1.44. The number of rotatable bonds is 4. The molecule has 0 aliphatic heterocycles. The van der Waals surface area contributed by atoms with E-state index in [2.05, 4.69) is 4.98 Å². The Labute approximate surface area is 106 Å². The van der Waals surface area contributed by atoms with Crippen LogP contribution in [0.5, 0.6) is 5.75 Å². The van der Waals surface area contributed by atoms with Crippen molar-refractivity contribution in [3.8, 4) is 5.75 Å². The highest BCUT2D eigenvalue weighted by Gasteiger charge is 2.05. The van der Waals surface area contributed by atoms with Gasteiger partial charge < -0.3 is 14.6 Å². The number of aryl methyl sites for hydroxylation is 1. The van der Waals surface area contributed by atoms with Gasteiger partial charge in [-0.3, -0.25) is 0 Å². The fraction of sp³-hybridized carbons (Fsp3) is 0.385. The summed E-state index contributed by atoms with van der Waals surface area (Å²) in [4.78, 5) is 4.04. The second-order valence-electron chi connectivity index (χ2n) is 3.64. The Morgan fingerprint density at radius 3 is 3.12 bits per heavy atom. The summed E-state index contributed by atoms with van der Waals surface area (Å²) in [6.45, 7) is -2.26. The maximum atomic E-state index is 8.23. The number of aromatic amines is 1. The number of hydrogen-bond acceptors (Lipinski definition) is 2. The van der Waals surface area contributed by atoms with Gasteiger partial charge in [-0.05, 0) is 44.2 Å². The van der Waals surface area contributed by atoms with Crippen LogP contribution in [0.15, 0.2) is 24.4 Å². The van der Waals surface area contributed by atoms with Crippen LogP contribution < -0.4 is 4.74 Å². The van der Waals surface area contributed by atoms with Gasteiger partial charge in [-0.15, -0.1) is 0 Å². The lowest BCUT2D eigenvalue weighted by atomic mass is 10.1. The highest BCUT2D eigenvalue weighted by atomic mass is 16.5. The molecule has 1 aromatic carbocycles. The Balaban J connectivity index is 2.55. The van der Waals surface area contributed by atoms with E-state index in [1.165, 1.54) is 32.4 Å². The number of aromatic nitrogens is 1. The van der Waals surface area contributed by atoms with Crippen molar-refractivity contribution in [3.63, 3.8) is 0 Å². The molecule has 1 heterocycles. The molecule has 16 heavy (non-hydrogen) atoms. The molecule has 86 valence electrons. The van der Waals surface area contributed by atoms with Crippen LogP contribution in [-0.2, 0) is 6.37 Å². The molecule has 3 nitrogen and oxygen atoms in total. The van der Waals surface area contributed by atoms with Gasteiger partial charge in [0.2, 0.25) is 0 Å². The Morgan fingerprint density at radius 2 is 2.38 bits per heavy atom. The number of nitrogens with zero attached hydrogens (tertiary/aromatic N) is 1. The molecular formula is C13H18N2O. The Hall–Kier alpha value is -1.48. The van der Waals surface area contributed by atoms with Crippen molar-refractivity contribution in [1.29, 1.82) is 0 Å². The lowest BCUT2D eigenvalue weighted by Crippen LogP contribution is -2.14. The summed E-state index contributed by atoms with van der Waals surface area (Å²) in [5, 5.41) is 0.377. The Kier molecular flexibility index (Phi) is 1.50. The zero-order chi connectivity index (χ0) is 17.6. The third-order valence-corrected chi connectivity index (χ3v) is 2.19. The maximum Gasteiger partial charge on any atom is 0.119 e. The minimum atomic E-state index is -2.61. The quantitative estimate of drug-likeness (QED) is 0.864. The molecule has 0 atom stereocenters. The van der Waals surface area contributed by atoms with Crippen molar-refractivity contribution in [3.05, 3.63) is 30.0 Å². The van der Waals surface area contributed by atoms with Crippen LogP contribution in [0.2, 0.25) is 0 Å². The molecule has 1 N–H and O–H groups in total. The molecule has 0 fully saturated rings. The summed E-state index contributed by atoms with van der Waals surface area (Å²) in [5.41, 5.74) is 0.665. The molecule has 1 aromatic heterocycles. The van der Waals surface area contributed by atoms with Crippen LogP contribution in [0.3, 0.4) is 0 Å². The summed E-state index contributed by atoms with van der Waals surface area (Å²) < 4.78 is 58.7. The van der Waals surface area contributed by atoms with Crippen LogP contribution in [-0.4, -0.2) is 37.5 Å². The molecule has 0 aliphatic rings. The van der Waals surface area contributed by atoms with E-state index in [9.17, 15) is 0 Å². The number of likely N-dealkylation sites (N-methyl/N-ethyl adjacent to an activating group) is 1. The predicted octanol–water partition coefficient (Wildman–Crippen LogP) is 2.28. The first-order chi connectivity index (χ1) is 10.4. The highest BCUT2D eigenvalue weighted by molar-refractivity contribution is 5.84. The summed E-state index contributed by atoms with van der Waals surface area (Å²) in [6.07, 6.45) is -0.932. The van der Waals surface area contributed by atoms with Crippen molar-refractivity contribution < 1.29 is 14.3 Å². The molecule has 0 saturated heterocycles. The first-order valence-electron chi connectivity index (χ1n) is 8.34. The monoisotopic (exact) mass is 225 g/mol. The number of methoxy groups -OCH3 is 1. The molecule has 2 aromatic rings. The van der Waals surface area contributed by atoms with Crippen molar-refractivity contribution in [2.45, 2.75) is 6.37 Å². The van der Waals surface area contributed by atoms with Crippen LogP contribution in [0.25, 0.3) is 10.9 Å². The summed E-state index contributed by atoms with van der Waals surface area (Å²) >= 11 is 0. The van der Waals surface area contributed by atoms with Gasteiger partial charge in [0.05, 0.1) is 11.2 Å². The number of hydrogen-bond donors (Lipinski definition) is 1. The second-order valence-corrected chi connectivity index (χ2v) is 3.64. The van der Waals surface area contributed by atoms with Gasteiger partial charge in [0.25, 0.3) is 0 Å². The molecule has 0 radical (unpaired) electrons. The number of H-pyrrole nitrogens is 1. The molecule has 0 amide bonds. The fourth-order valence-corrected chi connectivity index (χ4v) is 1.44. The standard InChI is InChI=1S/C13H18N2O/c1-15(2)7-6-10-9-14-13-5-4-11(16-3)8-12(10)13/h4-5,8-9,14H,6-7H2,1-3H3/i3D3,6D2,7D2. The average Bonchev–Trinajstić information content (AvgIpc) is 2.79. The molecule has 0 unspecified atom stereocenters. The van der Waals surface area contributed by atoms with E-state index in [-0.39, 0.29) is 11.3 Å². The third-order valence-electron chi connectivity index (χ3n) is 2.19. The molecule has 0 bridgehead atoms. The van der Waals surface area contributed by atoms with Crippen LogP contribution in [0, 0.1) is 0 Å². The van der Waals surface area contributed by atoms with Gasteiger partial charge in [-0.2, -0.15) is 0 Å². The van der Waals surface area contributed by atoms with Crippen LogP contribution in [0.4, 0.5) is 0 Å². The van der Waals surface area contributed by atoms with E-state index in [1.54, 1.807) is 6.07 Å². The van der Waals surface area contributed by atoms with Gasteiger partial charge in [-0.1, -0.05) is 0 Å². The smallest absolute Gasteiger partial charge is 0.119 e. The molecule has 0 aliphatic carbocycles. The van der Waals surface area contributed by atoms with Gasteiger partial charge in [-0.25, -0.2) is 0 Å². The first kappa shape index (κ1) is 5.23. The Morgan fingerprint density at radius 1 is 1.50 bits per heavy atom. The van der Waals surface area contributed by atoms with E-state index >= 15 is 0 Å². The van der Waals surface area contributed by atoms with Crippen molar-refractivity contribution in [2.24, 2.45) is 0 Å². The number of nitrogens with one attached hydrogen (secondary N) is 1.